The minimum atomic E-state index is 0.0825. The van der Waals surface area contributed by atoms with E-state index in [4.69, 9.17) is 0 Å². The van der Waals surface area contributed by atoms with E-state index < -0.39 is 0 Å². The average Bonchev–Trinajstić information content (AvgIpc) is 2.98. The van der Waals surface area contributed by atoms with E-state index in [0.29, 0.717) is 0 Å². The molecular formula is C18H20BrN3OS. The van der Waals surface area contributed by atoms with Crippen molar-refractivity contribution in [1.29, 1.82) is 0 Å². The van der Waals surface area contributed by atoms with E-state index in [-0.39, 0.29) is 5.91 Å². The molecule has 1 saturated heterocycles. The van der Waals surface area contributed by atoms with Gasteiger partial charge in [0.05, 0.1) is 10.7 Å². The van der Waals surface area contributed by atoms with Crippen LogP contribution in [-0.4, -0.2) is 46.9 Å². The zero-order valence-electron chi connectivity index (χ0n) is 13.6. The molecule has 0 atom stereocenters. The normalized spacial score (nSPS) is 16.0. The summed E-state index contributed by atoms with van der Waals surface area (Å²) >= 11 is 5.13. The minimum Gasteiger partial charge on any atom is -0.337 e. The molecule has 0 spiro atoms. The van der Waals surface area contributed by atoms with Gasteiger partial charge in [-0.05, 0) is 30.7 Å². The van der Waals surface area contributed by atoms with Crippen LogP contribution in [0, 0.1) is 6.92 Å². The maximum atomic E-state index is 12.3. The van der Waals surface area contributed by atoms with Gasteiger partial charge < -0.3 is 4.90 Å². The fourth-order valence-corrected chi connectivity index (χ4v) is 3.74. The van der Waals surface area contributed by atoms with E-state index in [9.17, 15) is 4.79 Å². The lowest BCUT2D eigenvalue weighted by Gasteiger charge is -2.33. The molecule has 1 aromatic heterocycles. The van der Waals surface area contributed by atoms with Crippen LogP contribution >= 0.6 is 27.3 Å². The fourth-order valence-electron chi connectivity index (χ4n) is 2.72. The van der Waals surface area contributed by atoms with Gasteiger partial charge in [0.1, 0.15) is 0 Å². The number of halogens is 1. The number of nitrogens with zero attached hydrogens (tertiary/aromatic N) is 3. The van der Waals surface area contributed by atoms with E-state index in [1.54, 1.807) is 17.4 Å². The largest absolute Gasteiger partial charge is 0.337 e. The second kappa shape index (κ2) is 8.05. The number of hydrogen-bond donors (Lipinski definition) is 0. The highest BCUT2D eigenvalue weighted by molar-refractivity contribution is 9.10. The van der Waals surface area contributed by atoms with Crippen molar-refractivity contribution in [3.8, 4) is 0 Å². The minimum absolute atomic E-state index is 0.0825. The highest BCUT2D eigenvalue weighted by Gasteiger charge is 2.20. The predicted octanol–water partition coefficient (Wildman–Crippen LogP) is 3.57. The van der Waals surface area contributed by atoms with Gasteiger partial charge >= 0.3 is 0 Å². The molecule has 0 bridgehead atoms. The SMILES string of the molecule is Cc1nc(CN2CCN(C(=O)/C=C/c3cccc(Br)c3)CC2)cs1. The first-order valence-corrected chi connectivity index (χ1v) is 9.63. The summed E-state index contributed by atoms with van der Waals surface area (Å²) in [6.07, 6.45) is 3.54. The predicted molar refractivity (Wildman–Crippen MR) is 102 cm³/mol. The number of benzene rings is 1. The summed E-state index contributed by atoms with van der Waals surface area (Å²) in [7, 11) is 0. The van der Waals surface area contributed by atoms with Crippen LogP contribution in [0.4, 0.5) is 0 Å². The zero-order chi connectivity index (χ0) is 16.9. The van der Waals surface area contributed by atoms with Gasteiger partial charge in [-0.3, -0.25) is 9.69 Å². The van der Waals surface area contributed by atoms with Crippen LogP contribution in [0.25, 0.3) is 6.08 Å². The molecule has 1 fully saturated rings. The summed E-state index contributed by atoms with van der Waals surface area (Å²) in [5, 5.41) is 3.23. The molecular weight excluding hydrogens is 386 g/mol. The Bertz CT molecular complexity index is 735. The molecule has 0 N–H and O–H groups in total. The van der Waals surface area contributed by atoms with Crippen molar-refractivity contribution in [2.24, 2.45) is 0 Å². The third-order valence-corrected chi connectivity index (χ3v) is 5.32. The lowest BCUT2D eigenvalue weighted by atomic mass is 10.2. The van der Waals surface area contributed by atoms with Crippen LogP contribution in [0.3, 0.4) is 0 Å². The molecule has 6 heteroatoms. The molecule has 2 heterocycles. The number of aromatic nitrogens is 1. The number of aryl methyl sites for hydroxylation is 1. The Kier molecular flexibility index (Phi) is 5.81. The average molecular weight is 406 g/mol. The summed E-state index contributed by atoms with van der Waals surface area (Å²) in [4.78, 5) is 21.1. The number of piperazine rings is 1. The summed E-state index contributed by atoms with van der Waals surface area (Å²) in [6, 6.07) is 7.93. The Balaban J connectivity index is 1.49. The van der Waals surface area contributed by atoms with Gasteiger partial charge in [0.25, 0.3) is 0 Å². The summed E-state index contributed by atoms with van der Waals surface area (Å²) in [5.41, 5.74) is 2.15. The molecule has 1 aromatic carbocycles. The fraction of sp³-hybridized carbons (Fsp3) is 0.333. The molecule has 3 rings (SSSR count). The maximum Gasteiger partial charge on any atom is 0.246 e. The van der Waals surface area contributed by atoms with E-state index in [0.717, 1.165) is 53.5 Å². The van der Waals surface area contributed by atoms with Crippen LogP contribution in [0.2, 0.25) is 0 Å². The van der Waals surface area contributed by atoms with Gasteiger partial charge in [-0.2, -0.15) is 0 Å². The summed E-state index contributed by atoms with van der Waals surface area (Å²) < 4.78 is 1.02. The second-order valence-electron chi connectivity index (χ2n) is 5.85. The Morgan fingerprint density at radius 1 is 1.33 bits per heavy atom. The van der Waals surface area contributed by atoms with Crippen molar-refractivity contribution in [3.05, 3.63) is 56.5 Å². The Labute approximate surface area is 154 Å². The molecule has 1 aliphatic rings. The summed E-state index contributed by atoms with van der Waals surface area (Å²) in [5.74, 6) is 0.0825. The number of amides is 1. The van der Waals surface area contributed by atoms with Gasteiger partial charge in [-0.25, -0.2) is 4.98 Å². The van der Waals surface area contributed by atoms with Crippen molar-refractivity contribution in [2.45, 2.75) is 13.5 Å². The monoisotopic (exact) mass is 405 g/mol. The van der Waals surface area contributed by atoms with E-state index >= 15 is 0 Å². The maximum absolute atomic E-state index is 12.3. The quantitative estimate of drug-likeness (QED) is 0.729. The number of carbonyl (C=O) groups is 1. The molecule has 0 unspecified atom stereocenters. The first-order chi connectivity index (χ1) is 11.6. The molecule has 4 nitrogen and oxygen atoms in total. The lowest BCUT2D eigenvalue weighted by molar-refractivity contribution is -0.127. The van der Waals surface area contributed by atoms with Crippen LogP contribution in [0.1, 0.15) is 16.3 Å². The molecule has 0 saturated carbocycles. The topological polar surface area (TPSA) is 36.4 Å². The van der Waals surface area contributed by atoms with Crippen LogP contribution in [0.15, 0.2) is 40.2 Å². The van der Waals surface area contributed by atoms with Gasteiger partial charge in [0.15, 0.2) is 0 Å². The number of carbonyl (C=O) groups excluding carboxylic acids is 1. The smallest absolute Gasteiger partial charge is 0.246 e. The van der Waals surface area contributed by atoms with Gasteiger partial charge in [-0.15, -0.1) is 11.3 Å². The highest BCUT2D eigenvalue weighted by Crippen LogP contribution is 2.14. The third-order valence-electron chi connectivity index (χ3n) is 4.00. The molecule has 0 radical (unpaired) electrons. The molecule has 2 aromatic rings. The van der Waals surface area contributed by atoms with E-state index in [2.05, 4.69) is 31.2 Å². The Morgan fingerprint density at radius 3 is 2.79 bits per heavy atom. The van der Waals surface area contributed by atoms with Crippen molar-refractivity contribution in [3.63, 3.8) is 0 Å². The van der Waals surface area contributed by atoms with Crippen molar-refractivity contribution < 1.29 is 4.79 Å². The van der Waals surface area contributed by atoms with Crippen LogP contribution in [0.5, 0.6) is 0 Å². The Hall–Kier alpha value is -1.50. The second-order valence-corrected chi connectivity index (χ2v) is 7.83. The highest BCUT2D eigenvalue weighted by atomic mass is 79.9. The van der Waals surface area contributed by atoms with Crippen molar-refractivity contribution in [1.82, 2.24) is 14.8 Å². The summed E-state index contributed by atoms with van der Waals surface area (Å²) in [6.45, 7) is 6.23. The lowest BCUT2D eigenvalue weighted by Crippen LogP contribution is -2.47. The standard InChI is InChI=1S/C18H20BrN3OS/c1-14-20-17(13-24-14)12-21-7-9-22(10-8-21)18(23)6-5-15-3-2-4-16(19)11-15/h2-6,11,13H,7-10,12H2,1H3/b6-5+. The first kappa shape index (κ1) is 17.3. The van der Waals surface area contributed by atoms with Gasteiger partial charge in [0, 0.05) is 48.7 Å². The third kappa shape index (κ3) is 4.75. The molecule has 24 heavy (non-hydrogen) atoms. The molecule has 126 valence electrons. The van der Waals surface area contributed by atoms with E-state index in [1.165, 1.54) is 0 Å². The molecule has 1 aliphatic heterocycles. The van der Waals surface area contributed by atoms with Gasteiger partial charge in [-0.1, -0.05) is 28.1 Å². The van der Waals surface area contributed by atoms with Crippen molar-refractivity contribution in [2.75, 3.05) is 26.2 Å². The van der Waals surface area contributed by atoms with Crippen molar-refractivity contribution >= 4 is 39.2 Å². The number of thiazole rings is 1. The van der Waals surface area contributed by atoms with Crippen LogP contribution in [-0.2, 0) is 11.3 Å². The number of rotatable bonds is 4. The zero-order valence-corrected chi connectivity index (χ0v) is 16.0. The number of hydrogen-bond acceptors (Lipinski definition) is 4. The first-order valence-electron chi connectivity index (χ1n) is 7.96. The molecule has 1 amide bonds. The van der Waals surface area contributed by atoms with Crippen LogP contribution < -0.4 is 0 Å². The van der Waals surface area contributed by atoms with E-state index in [1.807, 2.05) is 42.2 Å². The Morgan fingerprint density at radius 2 is 2.12 bits per heavy atom. The van der Waals surface area contributed by atoms with Gasteiger partial charge in [0.2, 0.25) is 5.91 Å². The molecule has 0 aliphatic carbocycles.